The van der Waals surface area contributed by atoms with Gasteiger partial charge in [0.15, 0.2) is 0 Å². The van der Waals surface area contributed by atoms with Crippen molar-refractivity contribution in [3.05, 3.63) is 100 Å². The SMILES string of the molecule is CN(CCCNc1ccnc2cc(Cl)ccc12)CCC(c1ccc(Cl)cc1)c1ccccn1. The van der Waals surface area contributed by atoms with Crippen LogP contribution in [0, 0.1) is 0 Å². The first kappa shape index (κ1) is 23.5. The van der Waals surface area contributed by atoms with Crippen LogP contribution < -0.4 is 5.32 Å². The van der Waals surface area contributed by atoms with Gasteiger partial charge in [0.25, 0.3) is 0 Å². The van der Waals surface area contributed by atoms with Crippen LogP contribution in [0.15, 0.2) is 79.1 Å². The van der Waals surface area contributed by atoms with Crippen molar-refractivity contribution in [3.63, 3.8) is 0 Å². The number of hydrogen-bond donors (Lipinski definition) is 1. The Labute approximate surface area is 205 Å². The minimum Gasteiger partial charge on any atom is -0.384 e. The van der Waals surface area contributed by atoms with Crippen LogP contribution in [0.1, 0.15) is 30.0 Å². The van der Waals surface area contributed by atoms with Crippen molar-refractivity contribution in [1.29, 1.82) is 0 Å². The van der Waals surface area contributed by atoms with E-state index in [4.69, 9.17) is 23.2 Å². The quantitative estimate of drug-likeness (QED) is 0.252. The molecule has 1 unspecified atom stereocenters. The van der Waals surface area contributed by atoms with Gasteiger partial charge in [-0.15, -0.1) is 0 Å². The summed E-state index contributed by atoms with van der Waals surface area (Å²) in [6.07, 6.45) is 5.73. The summed E-state index contributed by atoms with van der Waals surface area (Å²) in [5.41, 5.74) is 4.35. The Hall–Kier alpha value is -2.66. The van der Waals surface area contributed by atoms with Gasteiger partial charge in [0.1, 0.15) is 0 Å². The van der Waals surface area contributed by atoms with Crippen LogP contribution in [-0.4, -0.2) is 41.5 Å². The normalized spacial score (nSPS) is 12.2. The fraction of sp³-hybridized carbons (Fsp3) is 0.259. The van der Waals surface area contributed by atoms with E-state index in [0.29, 0.717) is 5.02 Å². The number of pyridine rings is 2. The van der Waals surface area contributed by atoms with E-state index >= 15 is 0 Å². The molecule has 0 bridgehead atoms. The second kappa shape index (κ2) is 11.5. The van der Waals surface area contributed by atoms with Crippen LogP contribution in [0.2, 0.25) is 10.0 Å². The average molecular weight is 479 g/mol. The molecule has 4 rings (SSSR count). The molecule has 0 saturated heterocycles. The van der Waals surface area contributed by atoms with Gasteiger partial charge >= 0.3 is 0 Å². The molecule has 0 fully saturated rings. The highest BCUT2D eigenvalue weighted by Crippen LogP contribution is 2.28. The number of fused-ring (bicyclic) bond motifs is 1. The second-order valence-electron chi connectivity index (χ2n) is 8.25. The first-order valence-corrected chi connectivity index (χ1v) is 12.0. The summed E-state index contributed by atoms with van der Waals surface area (Å²) in [4.78, 5) is 11.4. The lowest BCUT2D eigenvalue weighted by Crippen LogP contribution is -2.24. The van der Waals surface area contributed by atoms with E-state index in [0.717, 1.165) is 59.8 Å². The van der Waals surface area contributed by atoms with Crippen molar-refractivity contribution in [1.82, 2.24) is 14.9 Å². The monoisotopic (exact) mass is 478 g/mol. The Balaban J connectivity index is 1.30. The minimum atomic E-state index is 0.249. The molecule has 1 N–H and O–H groups in total. The Kier molecular flexibility index (Phi) is 8.16. The summed E-state index contributed by atoms with van der Waals surface area (Å²) < 4.78 is 0. The Morgan fingerprint density at radius 1 is 0.879 bits per heavy atom. The van der Waals surface area contributed by atoms with Crippen LogP contribution in [0.3, 0.4) is 0 Å². The van der Waals surface area contributed by atoms with E-state index in [9.17, 15) is 0 Å². The lowest BCUT2D eigenvalue weighted by atomic mass is 9.92. The summed E-state index contributed by atoms with van der Waals surface area (Å²) in [6.45, 7) is 2.89. The molecule has 4 nitrogen and oxygen atoms in total. The van der Waals surface area contributed by atoms with Gasteiger partial charge in [-0.2, -0.15) is 0 Å². The van der Waals surface area contributed by atoms with Crippen LogP contribution >= 0.6 is 23.2 Å². The molecule has 1 atom stereocenters. The number of benzene rings is 2. The van der Waals surface area contributed by atoms with Crippen LogP contribution in [0.4, 0.5) is 5.69 Å². The number of rotatable bonds is 10. The van der Waals surface area contributed by atoms with Crippen LogP contribution in [0.5, 0.6) is 0 Å². The third kappa shape index (κ3) is 6.44. The molecule has 2 aromatic heterocycles. The Morgan fingerprint density at radius 3 is 2.48 bits per heavy atom. The topological polar surface area (TPSA) is 41.0 Å². The van der Waals surface area contributed by atoms with Crippen molar-refractivity contribution in [2.75, 3.05) is 32.0 Å². The van der Waals surface area contributed by atoms with E-state index in [-0.39, 0.29) is 5.92 Å². The zero-order chi connectivity index (χ0) is 23.0. The molecule has 0 aliphatic rings. The van der Waals surface area contributed by atoms with E-state index in [1.54, 1.807) is 0 Å². The molecule has 0 spiro atoms. The minimum absolute atomic E-state index is 0.249. The fourth-order valence-electron chi connectivity index (χ4n) is 4.07. The number of hydrogen-bond acceptors (Lipinski definition) is 4. The third-order valence-corrected chi connectivity index (χ3v) is 6.34. The molecule has 2 heterocycles. The Morgan fingerprint density at radius 2 is 1.70 bits per heavy atom. The molecule has 2 aromatic carbocycles. The molecule has 170 valence electrons. The van der Waals surface area contributed by atoms with Gasteiger partial charge in [0.2, 0.25) is 0 Å². The third-order valence-electron chi connectivity index (χ3n) is 5.85. The maximum absolute atomic E-state index is 6.11. The maximum Gasteiger partial charge on any atom is 0.0737 e. The van der Waals surface area contributed by atoms with Gasteiger partial charge in [-0.25, -0.2) is 0 Å². The van der Waals surface area contributed by atoms with E-state index < -0.39 is 0 Å². The van der Waals surface area contributed by atoms with Crippen molar-refractivity contribution in [3.8, 4) is 0 Å². The molecule has 0 aliphatic carbocycles. The molecular weight excluding hydrogens is 451 g/mol. The highest BCUT2D eigenvalue weighted by atomic mass is 35.5. The van der Waals surface area contributed by atoms with Gasteiger partial charge in [0, 0.05) is 51.7 Å². The van der Waals surface area contributed by atoms with Gasteiger partial charge in [-0.1, -0.05) is 41.4 Å². The Bertz CT molecular complexity index is 1170. The number of aromatic nitrogens is 2. The van der Waals surface area contributed by atoms with E-state index in [1.807, 2.05) is 54.9 Å². The van der Waals surface area contributed by atoms with E-state index in [2.05, 4.69) is 51.5 Å². The summed E-state index contributed by atoms with van der Waals surface area (Å²) >= 11 is 12.2. The first-order valence-electron chi connectivity index (χ1n) is 11.2. The second-order valence-corrected chi connectivity index (χ2v) is 9.12. The zero-order valence-electron chi connectivity index (χ0n) is 18.7. The largest absolute Gasteiger partial charge is 0.384 e. The summed E-state index contributed by atoms with van der Waals surface area (Å²) in [5, 5.41) is 6.11. The van der Waals surface area contributed by atoms with Crippen LogP contribution in [-0.2, 0) is 0 Å². The highest BCUT2D eigenvalue weighted by Gasteiger charge is 2.16. The fourth-order valence-corrected chi connectivity index (χ4v) is 4.36. The van der Waals surface area contributed by atoms with Gasteiger partial charge < -0.3 is 10.2 Å². The van der Waals surface area contributed by atoms with Crippen molar-refractivity contribution < 1.29 is 0 Å². The smallest absolute Gasteiger partial charge is 0.0737 e. The highest BCUT2D eigenvalue weighted by molar-refractivity contribution is 6.31. The number of anilines is 1. The summed E-state index contributed by atoms with van der Waals surface area (Å²) in [5.74, 6) is 0.249. The van der Waals surface area contributed by atoms with Crippen LogP contribution in [0.25, 0.3) is 10.9 Å². The molecule has 33 heavy (non-hydrogen) atoms. The maximum atomic E-state index is 6.11. The predicted octanol–water partition coefficient (Wildman–Crippen LogP) is 6.89. The van der Waals surface area contributed by atoms with Gasteiger partial charge in [-0.3, -0.25) is 9.97 Å². The van der Waals surface area contributed by atoms with Crippen molar-refractivity contribution in [2.24, 2.45) is 0 Å². The number of nitrogens with one attached hydrogen (secondary N) is 1. The molecule has 4 aromatic rings. The van der Waals surface area contributed by atoms with E-state index in [1.165, 1.54) is 5.56 Å². The lowest BCUT2D eigenvalue weighted by molar-refractivity contribution is 0.321. The molecule has 0 radical (unpaired) electrons. The van der Waals surface area contributed by atoms with Crippen molar-refractivity contribution in [2.45, 2.75) is 18.8 Å². The molecule has 0 amide bonds. The molecule has 0 aliphatic heterocycles. The number of halogens is 2. The molecule has 0 saturated carbocycles. The zero-order valence-corrected chi connectivity index (χ0v) is 20.2. The average Bonchev–Trinajstić information content (AvgIpc) is 2.83. The lowest BCUT2D eigenvalue weighted by Gasteiger charge is -2.22. The standard InChI is InChI=1S/C27H28Cl2N4/c1-33(17-4-15-31-26-12-16-32-27-19-22(29)10-11-24(26)27)18-13-23(25-5-2-3-14-30-25)20-6-8-21(28)9-7-20/h2-3,5-12,14,16,19,23H,4,13,15,17-18H2,1H3,(H,31,32). The summed E-state index contributed by atoms with van der Waals surface area (Å²) in [7, 11) is 2.18. The van der Waals surface area contributed by atoms with Gasteiger partial charge in [0.05, 0.1) is 5.52 Å². The molecule has 6 heteroatoms. The first-order chi connectivity index (χ1) is 16.1. The number of nitrogens with zero attached hydrogens (tertiary/aromatic N) is 3. The predicted molar refractivity (Wildman–Crippen MR) is 140 cm³/mol. The van der Waals surface area contributed by atoms with Crippen molar-refractivity contribution >= 4 is 39.8 Å². The molecular formula is C27H28Cl2N4. The van der Waals surface area contributed by atoms with Gasteiger partial charge in [-0.05, 0) is 87.1 Å². The summed E-state index contributed by atoms with van der Waals surface area (Å²) in [6, 6.07) is 22.1.